The third-order valence-corrected chi connectivity index (χ3v) is 3.72. The number of ketones is 1. The molecule has 0 aliphatic rings. The maximum Gasteiger partial charge on any atom is 0.223 e. The Balaban J connectivity index is 2.45. The highest BCUT2D eigenvalue weighted by molar-refractivity contribution is 7.12. The zero-order chi connectivity index (χ0) is 14.3. The Labute approximate surface area is 117 Å². The first kappa shape index (κ1) is 15.4. The van der Waals surface area contributed by atoms with Gasteiger partial charge >= 0.3 is 0 Å². The number of nitrogens with zero attached hydrogens (tertiary/aromatic N) is 2. The van der Waals surface area contributed by atoms with Crippen molar-refractivity contribution in [3.63, 3.8) is 0 Å². The molecular weight excluding hydrogens is 260 g/mol. The second-order valence-electron chi connectivity index (χ2n) is 4.36. The quantitative estimate of drug-likeness (QED) is 0.720. The third-order valence-electron chi connectivity index (χ3n) is 2.81. The zero-order valence-corrected chi connectivity index (χ0v) is 12.1. The number of hydrogen-bond donors (Lipinski definition) is 0. The molecule has 0 radical (unpaired) electrons. The van der Waals surface area contributed by atoms with Gasteiger partial charge in [0.2, 0.25) is 5.91 Å². The van der Waals surface area contributed by atoms with Crippen LogP contribution in [0.3, 0.4) is 0 Å². The summed E-state index contributed by atoms with van der Waals surface area (Å²) >= 11 is 1.39. The third kappa shape index (κ3) is 4.84. The largest absolute Gasteiger partial charge is 0.342 e. The molecule has 5 heteroatoms. The predicted molar refractivity (Wildman–Crippen MR) is 74.9 cm³/mol. The van der Waals surface area contributed by atoms with Gasteiger partial charge in [-0.2, -0.15) is 5.26 Å². The van der Waals surface area contributed by atoms with E-state index >= 15 is 0 Å². The molecule has 0 saturated carbocycles. The lowest BCUT2D eigenvalue weighted by atomic mass is 10.1. The van der Waals surface area contributed by atoms with E-state index in [9.17, 15) is 9.59 Å². The molecule has 1 aromatic heterocycles. The van der Waals surface area contributed by atoms with Crippen molar-refractivity contribution in [1.29, 1.82) is 5.26 Å². The number of thiophene rings is 1. The number of carbonyl (C=O) groups is 2. The minimum absolute atomic E-state index is 0.00716. The first-order valence-electron chi connectivity index (χ1n) is 6.32. The summed E-state index contributed by atoms with van der Waals surface area (Å²) in [6, 6.07) is 5.71. The molecule has 1 aromatic rings. The second-order valence-corrected chi connectivity index (χ2v) is 5.31. The topological polar surface area (TPSA) is 61.2 Å². The fourth-order valence-electron chi connectivity index (χ4n) is 1.72. The Hall–Kier alpha value is -1.67. The van der Waals surface area contributed by atoms with Gasteiger partial charge < -0.3 is 4.90 Å². The zero-order valence-electron chi connectivity index (χ0n) is 11.3. The maximum absolute atomic E-state index is 12.0. The number of nitriles is 1. The van der Waals surface area contributed by atoms with Gasteiger partial charge in [0.15, 0.2) is 5.78 Å². The molecule has 1 heterocycles. The van der Waals surface area contributed by atoms with Gasteiger partial charge in [-0.25, -0.2) is 0 Å². The van der Waals surface area contributed by atoms with Crippen LogP contribution < -0.4 is 0 Å². The van der Waals surface area contributed by atoms with Crippen LogP contribution in [0.5, 0.6) is 0 Å². The van der Waals surface area contributed by atoms with E-state index in [2.05, 4.69) is 6.07 Å². The molecule has 19 heavy (non-hydrogen) atoms. The summed E-state index contributed by atoms with van der Waals surface area (Å²) in [4.78, 5) is 26.1. The van der Waals surface area contributed by atoms with Crippen molar-refractivity contribution in [2.75, 3.05) is 13.1 Å². The lowest BCUT2D eigenvalue weighted by molar-refractivity contribution is -0.131. The molecule has 0 N–H and O–H groups in total. The average molecular weight is 278 g/mol. The monoisotopic (exact) mass is 278 g/mol. The summed E-state index contributed by atoms with van der Waals surface area (Å²) in [5.74, 6) is -0.237. The van der Waals surface area contributed by atoms with Crippen LogP contribution >= 0.6 is 11.3 Å². The van der Waals surface area contributed by atoms with Crippen molar-refractivity contribution in [2.45, 2.75) is 26.7 Å². The van der Waals surface area contributed by atoms with Crippen LogP contribution in [0.2, 0.25) is 0 Å². The summed E-state index contributed by atoms with van der Waals surface area (Å²) in [7, 11) is 0. The molecule has 1 atom stereocenters. The molecule has 0 aliphatic carbocycles. The van der Waals surface area contributed by atoms with Gasteiger partial charge in [-0.3, -0.25) is 9.59 Å². The lowest BCUT2D eigenvalue weighted by Crippen LogP contribution is -2.34. The van der Waals surface area contributed by atoms with Crippen LogP contribution in [0.1, 0.15) is 36.4 Å². The van der Waals surface area contributed by atoms with Crippen LogP contribution in [0.25, 0.3) is 0 Å². The number of rotatable bonds is 7. The van der Waals surface area contributed by atoms with Crippen molar-refractivity contribution in [2.24, 2.45) is 5.92 Å². The summed E-state index contributed by atoms with van der Waals surface area (Å²) in [5, 5.41) is 10.6. The standard InChI is InChI=1S/C14H18N2O2S/c1-3-16(10-11(2)9-15)14(18)7-6-12(17)13-5-4-8-19-13/h4-5,8,11H,3,6-7,10H2,1-2H3/t11-/m0/s1. The molecule has 4 nitrogen and oxygen atoms in total. The Morgan fingerprint density at radius 3 is 2.74 bits per heavy atom. The van der Waals surface area contributed by atoms with E-state index in [0.29, 0.717) is 18.0 Å². The molecule has 0 aliphatic heterocycles. The van der Waals surface area contributed by atoms with Crippen LogP contribution in [0.4, 0.5) is 0 Å². The molecule has 0 bridgehead atoms. The number of carbonyl (C=O) groups excluding carboxylic acids is 2. The number of hydrogen-bond acceptors (Lipinski definition) is 4. The van der Waals surface area contributed by atoms with Crippen molar-refractivity contribution in [3.8, 4) is 6.07 Å². The Kier molecular flexibility index (Phi) is 6.23. The molecule has 1 amide bonds. The molecule has 102 valence electrons. The van der Waals surface area contributed by atoms with Crippen LogP contribution in [0, 0.1) is 17.2 Å². The van der Waals surface area contributed by atoms with Crippen LogP contribution in [-0.2, 0) is 4.79 Å². The van der Waals surface area contributed by atoms with E-state index < -0.39 is 0 Å². The van der Waals surface area contributed by atoms with Crippen molar-refractivity contribution in [1.82, 2.24) is 4.90 Å². The number of Topliss-reactive ketones (excluding diaryl/α,β-unsaturated/α-hetero) is 1. The van der Waals surface area contributed by atoms with E-state index in [4.69, 9.17) is 5.26 Å². The summed E-state index contributed by atoms with van der Waals surface area (Å²) in [5.41, 5.74) is 0. The smallest absolute Gasteiger partial charge is 0.223 e. The van der Waals surface area contributed by atoms with Gasteiger partial charge in [0.25, 0.3) is 0 Å². The first-order chi connectivity index (χ1) is 9.08. The van der Waals surface area contributed by atoms with Gasteiger partial charge in [-0.15, -0.1) is 11.3 Å². The molecule has 0 saturated heterocycles. The lowest BCUT2D eigenvalue weighted by Gasteiger charge is -2.21. The van der Waals surface area contributed by atoms with Gasteiger partial charge in [-0.05, 0) is 25.3 Å². The maximum atomic E-state index is 12.0. The van der Waals surface area contributed by atoms with E-state index in [-0.39, 0.29) is 30.4 Å². The SMILES string of the molecule is CCN(C[C@@H](C)C#N)C(=O)CCC(=O)c1cccs1. The molecule has 0 unspecified atom stereocenters. The van der Waals surface area contributed by atoms with Crippen LogP contribution in [0.15, 0.2) is 17.5 Å². The fraction of sp³-hybridized carbons (Fsp3) is 0.500. The van der Waals surface area contributed by atoms with Gasteiger partial charge in [0.05, 0.1) is 16.9 Å². The molecule has 0 fully saturated rings. The molecule has 0 spiro atoms. The van der Waals surface area contributed by atoms with E-state index in [0.717, 1.165) is 0 Å². The molecule has 0 aromatic carbocycles. The first-order valence-corrected chi connectivity index (χ1v) is 7.20. The summed E-state index contributed by atoms with van der Waals surface area (Å²) in [6.45, 7) is 4.66. The molecular formula is C14H18N2O2S. The number of amides is 1. The Morgan fingerprint density at radius 2 is 2.21 bits per heavy atom. The van der Waals surface area contributed by atoms with E-state index in [1.807, 2.05) is 18.4 Å². The minimum Gasteiger partial charge on any atom is -0.342 e. The summed E-state index contributed by atoms with van der Waals surface area (Å²) in [6.07, 6.45) is 0.444. The fourth-order valence-corrected chi connectivity index (χ4v) is 2.41. The van der Waals surface area contributed by atoms with Gasteiger partial charge in [0.1, 0.15) is 0 Å². The van der Waals surface area contributed by atoms with Crippen molar-refractivity contribution < 1.29 is 9.59 Å². The summed E-state index contributed by atoms with van der Waals surface area (Å²) < 4.78 is 0. The Bertz CT molecular complexity index is 462. The predicted octanol–water partition coefficient (Wildman–Crippen LogP) is 2.72. The highest BCUT2D eigenvalue weighted by Gasteiger charge is 2.16. The Morgan fingerprint density at radius 1 is 1.47 bits per heavy atom. The minimum atomic E-state index is -0.183. The second kappa shape index (κ2) is 7.70. The van der Waals surface area contributed by atoms with Gasteiger partial charge in [0, 0.05) is 25.9 Å². The highest BCUT2D eigenvalue weighted by atomic mass is 32.1. The average Bonchev–Trinajstić information content (AvgIpc) is 2.95. The van der Waals surface area contributed by atoms with Crippen molar-refractivity contribution in [3.05, 3.63) is 22.4 Å². The highest BCUT2D eigenvalue weighted by Crippen LogP contribution is 2.13. The molecule has 1 rings (SSSR count). The van der Waals surface area contributed by atoms with Crippen molar-refractivity contribution >= 4 is 23.0 Å². The van der Waals surface area contributed by atoms with Crippen LogP contribution in [-0.4, -0.2) is 29.7 Å². The van der Waals surface area contributed by atoms with Gasteiger partial charge in [-0.1, -0.05) is 6.07 Å². The van der Waals surface area contributed by atoms with E-state index in [1.165, 1.54) is 11.3 Å². The normalized spacial score (nSPS) is 11.6. The van der Waals surface area contributed by atoms with E-state index in [1.54, 1.807) is 17.9 Å².